The Morgan fingerprint density at radius 1 is 1.53 bits per heavy atom. The van der Waals surface area contributed by atoms with Gasteiger partial charge in [-0.05, 0) is 30.5 Å². The van der Waals surface area contributed by atoms with Crippen LogP contribution in [-0.2, 0) is 0 Å². The van der Waals surface area contributed by atoms with Gasteiger partial charge in [0.05, 0.1) is 17.4 Å². The van der Waals surface area contributed by atoms with Gasteiger partial charge in [0, 0.05) is 24.7 Å². The highest BCUT2D eigenvalue weighted by molar-refractivity contribution is 5.86. The molecule has 0 saturated carbocycles. The summed E-state index contributed by atoms with van der Waals surface area (Å²) in [5, 5.41) is 10.1. The maximum atomic E-state index is 10.9. The van der Waals surface area contributed by atoms with Crippen LogP contribution in [0.15, 0.2) is 24.5 Å². The Bertz CT molecular complexity index is 672. The van der Waals surface area contributed by atoms with Crippen molar-refractivity contribution in [3.05, 3.63) is 35.8 Å². The summed E-state index contributed by atoms with van der Waals surface area (Å²) >= 11 is 0. The number of aryl methyl sites for hydroxylation is 1. The number of nitrogens with zero attached hydrogens (tertiary/aromatic N) is 2. The van der Waals surface area contributed by atoms with Crippen molar-refractivity contribution in [1.82, 2.24) is 14.9 Å². The van der Waals surface area contributed by atoms with Gasteiger partial charge in [-0.15, -0.1) is 0 Å². The number of carbonyl (C=O) groups is 1. The first-order valence-corrected chi connectivity index (χ1v) is 6.27. The van der Waals surface area contributed by atoms with Gasteiger partial charge >= 0.3 is 6.09 Å². The number of nitrogens with one attached hydrogen (secondary N) is 1. The quantitative estimate of drug-likeness (QED) is 0.825. The minimum atomic E-state index is -0.860. The average molecular weight is 257 g/mol. The van der Waals surface area contributed by atoms with Gasteiger partial charge in [-0.1, -0.05) is 6.08 Å². The lowest BCUT2D eigenvalue weighted by atomic mass is 9.99. The summed E-state index contributed by atoms with van der Waals surface area (Å²) in [5.41, 5.74) is 4.30. The SMILES string of the molecule is Cc1c(C2=CCN(C(=O)O)CC2)ncc2[nH]ccc12. The molecule has 0 aromatic carbocycles. The Morgan fingerprint density at radius 2 is 2.37 bits per heavy atom. The molecule has 0 spiro atoms. The molecule has 2 aromatic rings. The molecule has 5 heteroatoms. The number of aromatic amines is 1. The highest BCUT2D eigenvalue weighted by Gasteiger charge is 2.19. The first-order valence-electron chi connectivity index (χ1n) is 6.27. The molecule has 0 fully saturated rings. The van der Waals surface area contributed by atoms with Gasteiger partial charge in [-0.2, -0.15) is 0 Å². The standard InChI is InChI=1S/C14H15N3O2/c1-9-11-2-5-15-12(11)8-16-13(9)10-3-6-17(7-4-10)14(18)19/h2-3,5,8,15H,4,6-7H2,1H3,(H,18,19). The van der Waals surface area contributed by atoms with Crippen molar-refractivity contribution < 1.29 is 9.90 Å². The minimum absolute atomic E-state index is 0.441. The van der Waals surface area contributed by atoms with Crippen LogP contribution < -0.4 is 0 Å². The van der Waals surface area contributed by atoms with E-state index < -0.39 is 6.09 Å². The molecular formula is C14H15N3O2. The molecule has 0 bridgehead atoms. The van der Waals surface area contributed by atoms with Crippen LogP contribution in [0, 0.1) is 6.92 Å². The van der Waals surface area contributed by atoms with Crippen molar-refractivity contribution in [3.8, 4) is 0 Å². The van der Waals surface area contributed by atoms with Gasteiger partial charge < -0.3 is 15.0 Å². The zero-order valence-corrected chi connectivity index (χ0v) is 10.7. The third-order valence-electron chi connectivity index (χ3n) is 3.64. The van der Waals surface area contributed by atoms with Crippen LogP contribution in [-0.4, -0.2) is 39.2 Å². The van der Waals surface area contributed by atoms with E-state index in [1.165, 1.54) is 10.3 Å². The van der Waals surface area contributed by atoms with Gasteiger partial charge in [0.1, 0.15) is 0 Å². The molecule has 1 aliphatic heterocycles. The van der Waals surface area contributed by atoms with Crippen LogP contribution in [0.25, 0.3) is 16.5 Å². The molecule has 3 heterocycles. The highest BCUT2D eigenvalue weighted by Crippen LogP contribution is 2.27. The monoisotopic (exact) mass is 257 g/mol. The molecule has 2 N–H and O–H groups in total. The van der Waals surface area contributed by atoms with Crippen LogP contribution in [0.2, 0.25) is 0 Å². The van der Waals surface area contributed by atoms with Crippen molar-refractivity contribution in [3.63, 3.8) is 0 Å². The fraction of sp³-hybridized carbons (Fsp3) is 0.286. The summed E-state index contributed by atoms with van der Waals surface area (Å²) in [6.45, 7) is 3.04. The number of rotatable bonds is 1. The van der Waals surface area contributed by atoms with Gasteiger partial charge in [0.15, 0.2) is 0 Å². The zero-order valence-electron chi connectivity index (χ0n) is 10.7. The minimum Gasteiger partial charge on any atom is -0.465 e. The van der Waals surface area contributed by atoms with E-state index in [4.69, 9.17) is 5.11 Å². The summed E-state index contributed by atoms with van der Waals surface area (Å²) in [6.07, 6.45) is 5.56. The molecule has 1 amide bonds. The van der Waals surface area contributed by atoms with E-state index in [9.17, 15) is 4.79 Å². The smallest absolute Gasteiger partial charge is 0.407 e. The Hall–Kier alpha value is -2.30. The van der Waals surface area contributed by atoms with E-state index in [1.807, 2.05) is 24.5 Å². The lowest BCUT2D eigenvalue weighted by Crippen LogP contribution is -2.33. The van der Waals surface area contributed by atoms with Crippen molar-refractivity contribution in [1.29, 1.82) is 0 Å². The summed E-state index contributed by atoms with van der Waals surface area (Å²) in [5.74, 6) is 0. The topological polar surface area (TPSA) is 69.2 Å². The Labute approximate surface area is 110 Å². The number of fused-ring (bicyclic) bond motifs is 1. The number of pyridine rings is 1. The second-order valence-corrected chi connectivity index (χ2v) is 4.74. The maximum Gasteiger partial charge on any atom is 0.407 e. The molecule has 0 saturated heterocycles. The average Bonchev–Trinajstić information content (AvgIpc) is 2.88. The largest absolute Gasteiger partial charge is 0.465 e. The van der Waals surface area contributed by atoms with E-state index in [0.717, 1.165) is 28.8 Å². The number of amides is 1. The van der Waals surface area contributed by atoms with Crippen LogP contribution in [0.5, 0.6) is 0 Å². The van der Waals surface area contributed by atoms with Crippen LogP contribution in [0.1, 0.15) is 17.7 Å². The molecule has 1 aliphatic rings. The predicted molar refractivity (Wildman–Crippen MR) is 73.0 cm³/mol. The maximum absolute atomic E-state index is 10.9. The molecule has 0 radical (unpaired) electrons. The predicted octanol–water partition coefficient (Wildman–Crippen LogP) is 2.64. The number of H-pyrrole nitrogens is 1. The third kappa shape index (κ3) is 1.97. The second-order valence-electron chi connectivity index (χ2n) is 4.74. The van der Waals surface area contributed by atoms with Crippen molar-refractivity contribution in [2.24, 2.45) is 0 Å². The van der Waals surface area contributed by atoms with E-state index in [0.29, 0.717) is 13.1 Å². The normalized spacial score (nSPS) is 15.6. The van der Waals surface area contributed by atoms with Crippen LogP contribution >= 0.6 is 0 Å². The molecular weight excluding hydrogens is 242 g/mol. The molecule has 0 atom stereocenters. The first kappa shape index (κ1) is 11.8. The first-order chi connectivity index (χ1) is 9.16. The van der Waals surface area contributed by atoms with Crippen molar-refractivity contribution in [2.45, 2.75) is 13.3 Å². The van der Waals surface area contributed by atoms with Gasteiger partial charge in [-0.3, -0.25) is 4.98 Å². The fourth-order valence-electron chi connectivity index (χ4n) is 2.55. The number of hydrogen-bond donors (Lipinski definition) is 2. The number of carboxylic acid groups (broad SMARTS) is 1. The molecule has 0 unspecified atom stereocenters. The second kappa shape index (κ2) is 4.42. The zero-order chi connectivity index (χ0) is 13.4. The van der Waals surface area contributed by atoms with E-state index >= 15 is 0 Å². The summed E-state index contributed by atoms with van der Waals surface area (Å²) in [4.78, 5) is 19.9. The molecule has 3 rings (SSSR count). The van der Waals surface area contributed by atoms with E-state index in [2.05, 4.69) is 16.9 Å². The summed E-state index contributed by atoms with van der Waals surface area (Å²) in [6, 6.07) is 2.04. The Balaban J connectivity index is 1.97. The van der Waals surface area contributed by atoms with Gasteiger partial charge in [-0.25, -0.2) is 4.79 Å². The van der Waals surface area contributed by atoms with Crippen molar-refractivity contribution >= 4 is 22.6 Å². The Kier molecular flexibility index (Phi) is 2.74. The third-order valence-corrected chi connectivity index (χ3v) is 3.64. The van der Waals surface area contributed by atoms with Gasteiger partial charge in [0.2, 0.25) is 0 Å². The lowest BCUT2D eigenvalue weighted by molar-refractivity contribution is 0.150. The van der Waals surface area contributed by atoms with Crippen LogP contribution in [0.4, 0.5) is 4.79 Å². The highest BCUT2D eigenvalue weighted by atomic mass is 16.4. The summed E-state index contributed by atoms with van der Waals surface area (Å²) < 4.78 is 0. The van der Waals surface area contributed by atoms with E-state index in [-0.39, 0.29) is 0 Å². The van der Waals surface area contributed by atoms with Crippen LogP contribution in [0.3, 0.4) is 0 Å². The molecule has 19 heavy (non-hydrogen) atoms. The van der Waals surface area contributed by atoms with E-state index in [1.54, 1.807) is 0 Å². The summed E-state index contributed by atoms with van der Waals surface area (Å²) in [7, 11) is 0. The lowest BCUT2D eigenvalue weighted by Gasteiger charge is -2.24. The fourth-order valence-corrected chi connectivity index (χ4v) is 2.55. The number of aromatic nitrogens is 2. The van der Waals surface area contributed by atoms with Gasteiger partial charge in [0.25, 0.3) is 0 Å². The molecule has 2 aromatic heterocycles. The number of hydrogen-bond acceptors (Lipinski definition) is 2. The van der Waals surface area contributed by atoms with Crippen molar-refractivity contribution in [2.75, 3.05) is 13.1 Å². The molecule has 5 nitrogen and oxygen atoms in total. The Morgan fingerprint density at radius 3 is 3.05 bits per heavy atom. The molecule has 98 valence electrons. The molecule has 0 aliphatic carbocycles.